The van der Waals surface area contributed by atoms with Gasteiger partial charge in [0.1, 0.15) is 10.6 Å². The molecular formula is C13H19ClN2O2S. The Kier molecular flexibility index (Phi) is 6.62. The second-order valence-electron chi connectivity index (χ2n) is 4.38. The smallest absolute Gasteiger partial charge is 0.325 e. The van der Waals surface area contributed by atoms with Gasteiger partial charge in [-0.25, -0.2) is 4.98 Å². The van der Waals surface area contributed by atoms with Gasteiger partial charge >= 0.3 is 5.97 Å². The number of esters is 1. The first-order valence-electron chi connectivity index (χ1n) is 6.17. The third kappa shape index (κ3) is 5.38. The Morgan fingerprint density at radius 2 is 2.37 bits per heavy atom. The van der Waals surface area contributed by atoms with Crippen LogP contribution in [-0.2, 0) is 9.53 Å². The van der Waals surface area contributed by atoms with Crippen LogP contribution in [0, 0.1) is 0 Å². The molecule has 6 heteroatoms. The van der Waals surface area contributed by atoms with Crippen LogP contribution in [0.4, 0.5) is 0 Å². The van der Waals surface area contributed by atoms with Crippen molar-refractivity contribution in [1.82, 2.24) is 4.98 Å². The maximum atomic E-state index is 11.6. The van der Waals surface area contributed by atoms with Gasteiger partial charge in [-0.1, -0.05) is 11.6 Å². The molecule has 0 fully saturated rings. The number of ether oxygens (including phenoxy) is 1. The van der Waals surface area contributed by atoms with Gasteiger partial charge in [0.25, 0.3) is 0 Å². The molecule has 1 unspecified atom stereocenters. The fourth-order valence-corrected chi connectivity index (χ4v) is 2.59. The number of thioether (sulfide) groups is 1. The van der Waals surface area contributed by atoms with Crippen LogP contribution in [0.3, 0.4) is 0 Å². The van der Waals surface area contributed by atoms with E-state index in [1.165, 1.54) is 0 Å². The van der Waals surface area contributed by atoms with Crippen molar-refractivity contribution in [2.75, 3.05) is 12.4 Å². The summed E-state index contributed by atoms with van der Waals surface area (Å²) in [6.45, 7) is 3.82. The van der Waals surface area contributed by atoms with Gasteiger partial charge in [0, 0.05) is 6.20 Å². The zero-order valence-corrected chi connectivity index (χ0v) is 12.8. The topological polar surface area (TPSA) is 65.2 Å². The highest BCUT2D eigenvalue weighted by Gasteiger charge is 2.29. The van der Waals surface area contributed by atoms with Gasteiger partial charge in [0.2, 0.25) is 0 Å². The number of aromatic nitrogens is 1. The molecule has 0 saturated carbocycles. The number of hydrogen-bond donors (Lipinski definition) is 1. The number of pyridine rings is 1. The maximum Gasteiger partial charge on any atom is 0.325 e. The van der Waals surface area contributed by atoms with Gasteiger partial charge in [0.05, 0.1) is 11.6 Å². The van der Waals surface area contributed by atoms with Crippen molar-refractivity contribution in [2.24, 2.45) is 5.73 Å². The molecule has 0 radical (unpaired) electrons. The van der Waals surface area contributed by atoms with Gasteiger partial charge in [-0.2, -0.15) is 0 Å². The molecule has 0 aromatic carbocycles. The van der Waals surface area contributed by atoms with Crippen LogP contribution in [-0.4, -0.2) is 28.9 Å². The molecule has 1 heterocycles. The standard InChI is InChI=1S/C13H19ClN2O2S/c1-3-18-12(17)13(2,15)7-5-9-19-11-10(14)6-4-8-16-11/h4,6,8H,3,5,7,9,15H2,1-2H3. The molecule has 19 heavy (non-hydrogen) atoms. The van der Waals surface area contributed by atoms with Crippen molar-refractivity contribution < 1.29 is 9.53 Å². The van der Waals surface area contributed by atoms with Crippen LogP contribution in [0.25, 0.3) is 0 Å². The molecule has 1 atom stereocenters. The SMILES string of the molecule is CCOC(=O)C(C)(N)CCCSc1ncccc1Cl. The summed E-state index contributed by atoms with van der Waals surface area (Å²) in [6, 6.07) is 3.60. The molecule has 0 aliphatic rings. The lowest BCUT2D eigenvalue weighted by Gasteiger charge is -2.21. The summed E-state index contributed by atoms with van der Waals surface area (Å²) in [7, 11) is 0. The lowest BCUT2D eigenvalue weighted by molar-refractivity contribution is -0.149. The molecule has 106 valence electrons. The van der Waals surface area contributed by atoms with Gasteiger partial charge in [-0.05, 0) is 44.6 Å². The van der Waals surface area contributed by atoms with Gasteiger partial charge in [-0.3, -0.25) is 4.79 Å². The Morgan fingerprint density at radius 3 is 3.00 bits per heavy atom. The summed E-state index contributed by atoms with van der Waals surface area (Å²) in [6.07, 6.45) is 3.08. The highest BCUT2D eigenvalue weighted by molar-refractivity contribution is 7.99. The number of nitrogens with two attached hydrogens (primary N) is 1. The second kappa shape index (κ2) is 7.72. The highest BCUT2D eigenvalue weighted by Crippen LogP contribution is 2.25. The normalized spacial score (nSPS) is 13.9. The summed E-state index contributed by atoms with van der Waals surface area (Å²) in [5.41, 5.74) is 5.00. The molecule has 1 rings (SSSR count). The number of nitrogens with zero attached hydrogens (tertiary/aromatic N) is 1. The zero-order valence-electron chi connectivity index (χ0n) is 11.2. The van der Waals surface area contributed by atoms with Crippen LogP contribution in [0.15, 0.2) is 23.4 Å². The molecule has 1 aromatic rings. The van der Waals surface area contributed by atoms with E-state index in [9.17, 15) is 4.79 Å². The van der Waals surface area contributed by atoms with E-state index in [0.717, 1.165) is 17.2 Å². The van der Waals surface area contributed by atoms with Gasteiger partial charge in [-0.15, -0.1) is 11.8 Å². The quantitative estimate of drug-likeness (QED) is 0.476. The average molecular weight is 303 g/mol. The highest BCUT2D eigenvalue weighted by atomic mass is 35.5. The Hall–Kier alpha value is -0.780. The largest absolute Gasteiger partial charge is 0.465 e. The predicted molar refractivity (Wildman–Crippen MR) is 78.4 cm³/mol. The third-order valence-corrected chi connectivity index (χ3v) is 4.05. The van der Waals surface area contributed by atoms with Crippen LogP contribution in [0.1, 0.15) is 26.7 Å². The molecule has 0 amide bonds. The Bertz CT molecular complexity index is 427. The number of carbonyl (C=O) groups is 1. The molecule has 0 aliphatic carbocycles. The molecule has 2 N–H and O–H groups in total. The van der Waals surface area contributed by atoms with Crippen molar-refractivity contribution in [3.8, 4) is 0 Å². The van der Waals surface area contributed by atoms with Crippen LogP contribution < -0.4 is 5.73 Å². The van der Waals surface area contributed by atoms with E-state index in [-0.39, 0.29) is 5.97 Å². The van der Waals surface area contributed by atoms with E-state index in [0.29, 0.717) is 18.1 Å². The van der Waals surface area contributed by atoms with Crippen molar-refractivity contribution in [3.63, 3.8) is 0 Å². The van der Waals surface area contributed by atoms with Crippen molar-refractivity contribution >= 4 is 29.3 Å². The van der Waals surface area contributed by atoms with Crippen molar-refractivity contribution in [1.29, 1.82) is 0 Å². The summed E-state index contributed by atoms with van der Waals surface area (Å²) >= 11 is 7.56. The summed E-state index contributed by atoms with van der Waals surface area (Å²) < 4.78 is 4.94. The first kappa shape index (κ1) is 16.3. The van der Waals surface area contributed by atoms with Crippen LogP contribution >= 0.6 is 23.4 Å². The summed E-state index contributed by atoms with van der Waals surface area (Å²) in [4.78, 5) is 15.8. The number of halogens is 1. The minimum Gasteiger partial charge on any atom is -0.465 e. The van der Waals surface area contributed by atoms with Crippen molar-refractivity contribution in [3.05, 3.63) is 23.4 Å². The number of carbonyl (C=O) groups excluding carboxylic acids is 1. The first-order valence-corrected chi connectivity index (χ1v) is 7.53. The van der Waals surface area contributed by atoms with E-state index < -0.39 is 5.54 Å². The number of hydrogen-bond acceptors (Lipinski definition) is 5. The third-order valence-electron chi connectivity index (χ3n) is 2.55. The Balaban J connectivity index is 2.35. The lowest BCUT2D eigenvalue weighted by atomic mass is 9.98. The Labute approximate surface area is 123 Å². The fraction of sp³-hybridized carbons (Fsp3) is 0.538. The van der Waals surface area contributed by atoms with Crippen LogP contribution in [0.2, 0.25) is 5.02 Å². The first-order chi connectivity index (χ1) is 8.97. The average Bonchev–Trinajstić information content (AvgIpc) is 2.37. The summed E-state index contributed by atoms with van der Waals surface area (Å²) in [5.74, 6) is 0.457. The molecule has 0 bridgehead atoms. The fourth-order valence-electron chi connectivity index (χ4n) is 1.48. The minimum atomic E-state index is -0.926. The van der Waals surface area contributed by atoms with E-state index in [1.54, 1.807) is 37.9 Å². The zero-order chi connectivity index (χ0) is 14.3. The number of rotatable bonds is 7. The molecule has 4 nitrogen and oxygen atoms in total. The Morgan fingerprint density at radius 1 is 1.63 bits per heavy atom. The molecular weight excluding hydrogens is 284 g/mol. The van der Waals surface area contributed by atoms with E-state index in [4.69, 9.17) is 22.1 Å². The molecule has 1 aromatic heterocycles. The second-order valence-corrected chi connectivity index (χ2v) is 5.87. The van der Waals surface area contributed by atoms with E-state index >= 15 is 0 Å². The monoisotopic (exact) mass is 302 g/mol. The molecule has 0 spiro atoms. The lowest BCUT2D eigenvalue weighted by Crippen LogP contribution is -2.46. The minimum absolute atomic E-state index is 0.351. The van der Waals surface area contributed by atoms with E-state index in [1.807, 2.05) is 6.07 Å². The van der Waals surface area contributed by atoms with Crippen molar-refractivity contribution in [2.45, 2.75) is 37.3 Å². The molecule has 0 aliphatic heterocycles. The predicted octanol–water partition coefficient (Wildman–Crippen LogP) is 2.89. The molecule has 0 saturated heterocycles. The maximum absolute atomic E-state index is 11.6. The van der Waals surface area contributed by atoms with Crippen LogP contribution in [0.5, 0.6) is 0 Å². The summed E-state index contributed by atoms with van der Waals surface area (Å²) in [5, 5.41) is 1.45. The van der Waals surface area contributed by atoms with E-state index in [2.05, 4.69) is 4.98 Å². The van der Waals surface area contributed by atoms with Gasteiger partial charge in [0.15, 0.2) is 0 Å². The van der Waals surface area contributed by atoms with Gasteiger partial charge < -0.3 is 10.5 Å².